The Labute approximate surface area is 123 Å². The first-order valence-electron chi connectivity index (χ1n) is 7.72. The van der Waals surface area contributed by atoms with Crippen molar-refractivity contribution in [1.29, 1.82) is 0 Å². The van der Waals surface area contributed by atoms with Crippen LogP contribution in [0.25, 0.3) is 11.2 Å². The molecular formula is C14H20N6O. The Morgan fingerprint density at radius 1 is 1.10 bits per heavy atom. The highest BCUT2D eigenvalue weighted by atomic mass is 16.5. The number of fused-ring (bicyclic) bond motifs is 1. The number of anilines is 1. The van der Waals surface area contributed by atoms with Crippen LogP contribution in [0.4, 0.5) is 5.82 Å². The fourth-order valence-electron chi connectivity index (χ4n) is 3.07. The second kappa shape index (κ2) is 5.57. The van der Waals surface area contributed by atoms with E-state index in [0.717, 1.165) is 49.5 Å². The second-order valence-corrected chi connectivity index (χ2v) is 5.67. The van der Waals surface area contributed by atoms with Crippen LogP contribution in [0.15, 0.2) is 12.7 Å². The van der Waals surface area contributed by atoms with Gasteiger partial charge in [0.25, 0.3) is 0 Å². The summed E-state index contributed by atoms with van der Waals surface area (Å²) in [7, 11) is 0. The van der Waals surface area contributed by atoms with E-state index in [-0.39, 0.29) is 6.23 Å². The summed E-state index contributed by atoms with van der Waals surface area (Å²) in [6, 6.07) is 0. The number of rotatable bonds is 3. The molecule has 0 radical (unpaired) electrons. The largest absolute Gasteiger partial charge is 0.358 e. The van der Waals surface area contributed by atoms with E-state index in [2.05, 4.69) is 25.4 Å². The number of nitrogens with one attached hydrogen (secondary N) is 1. The first-order chi connectivity index (χ1) is 10.4. The molecule has 7 nitrogen and oxygen atoms in total. The smallest absolute Gasteiger partial charge is 0.172 e. The molecule has 2 aliphatic rings. The van der Waals surface area contributed by atoms with Gasteiger partial charge in [0.05, 0.1) is 6.33 Å². The third kappa shape index (κ3) is 2.47. The molecule has 1 N–H and O–H groups in total. The lowest BCUT2D eigenvalue weighted by Gasteiger charge is -2.23. The molecule has 0 saturated carbocycles. The molecular weight excluding hydrogens is 268 g/mol. The van der Waals surface area contributed by atoms with Gasteiger partial charge in [0.15, 0.2) is 17.0 Å². The lowest BCUT2D eigenvalue weighted by molar-refractivity contribution is -0.0298. The molecule has 0 aromatic carbocycles. The zero-order valence-electron chi connectivity index (χ0n) is 12.0. The third-order valence-corrected chi connectivity index (χ3v) is 4.19. The van der Waals surface area contributed by atoms with E-state index >= 15 is 0 Å². The topological polar surface area (TPSA) is 68.1 Å². The van der Waals surface area contributed by atoms with Gasteiger partial charge in [-0.2, -0.15) is 0 Å². The van der Waals surface area contributed by atoms with Crippen molar-refractivity contribution in [1.82, 2.24) is 24.5 Å². The molecule has 21 heavy (non-hydrogen) atoms. The first kappa shape index (κ1) is 13.0. The number of ether oxygens (including phenoxy) is 1. The van der Waals surface area contributed by atoms with Crippen molar-refractivity contribution in [3.8, 4) is 0 Å². The minimum absolute atomic E-state index is 0.0540. The van der Waals surface area contributed by atoms with Crippen LogP contribution in [0, 0.1) is 0 Å². The van der Waals surface area contributed by atoms with Crippen molar-refractivity contribution in [2.24, 2.45) is 0 Å². The maximum atomic E-state index is 5.84. The molecule has 2 aliphatic heterocycles. The van der Waals surface area contributed by atoms with Crippen LogP contribution in [-0.4, -0.2) is 44.2 Å². The Morgan fingerprint density at radius 3 is 2.81 bits per heavy atom. The Kier molecular flexibility index (Phi) is 3.44. The molecule has 4 rings (SSSR count). The maximum absolute atomic E-state index is 5.84. The molecule has 0 spiro atoms. The monoisotopic (exact) mass is 288 g/mol. The molecule has 2 fully saturated rings. The second-order valence-electron chi connectivity index (χ2n) is 5.67. The van der Waals surface area contributed by atoms with E-state index < -0.39 is 0 Å². The molecule has 4 heterocycles. The van der Waals surface area contributed by atoms with Gasteiger partial charge in [0.2, 0.25) is 0 Å². The molecule has 112 valence electrons. The van der Waals surface area contributed by atoms with E-state index in [0.29, 0.717) is 0 Å². The lowest BCUT2D eigenvalue weighted by Crippen LogP contribution is -2.27. The summed E-state index contributed by atoms with van der Waals surface area (Å²) in [6.07, 6.45) is 9.28. The Balaban J connectivity index is 1.65. The van der Waals surface area contributed by atoms with Gasteiger partial charge in [0, 0.05) is 19.7 Å². The van der Waals surface area contributed by atoms with E-state index in [1.54, 1.807) is 6.33 Å². The summed E-state index contributed by atoms with van der Waals surface area (Å²) >= 11 is 0. The van der Waals surface area contributed by atoms with Crippen molar-refractivity contribution < 1.29 is 4.74 Å². The highest BCUT2D eigenvalue weighted by molar-refractivity contribution is 5.82. The van der Waals surface area contributed by atoms with E-state index in [4.69, 9.17) is 4.74 Å². The van der Waals surface area contributed by atoms with Gasteiger partial charge in [-0.05, 0) is 32.1 Å². The Hall–Kier alpha value is -1.73. The quantitative estimate of drug-likeness (QED) is 0.931. The van der Waals surface area contributed by atoms with Crippen molar-refractivity contribution in [2.45, 2.75) is 38.3 Å². The average molecular weight is 288 g/mol. The van der Waals surface area contributed by atoms with Gasteiger partial charge in [0.1, 0.15) is 12.6 Å². The van der Waals surface area contributed by atoms with Crippen molar-refractivity contribution >= 4 is 17.0 Å². The van der Waals surface area contributed by atoms with E-state index in [9.17, 15) is 0 Å². The predicted octanol–water partition coefficient (Wildman–Crippen LogP) is 1.95. The molecule has 0 aliphatic carbocycles. The van der Waals surface area contributed by atoms with Gasteiger partial charge >= 0.3 is 0 Å². The van der Waals surface area contributed by atoms with Crippen molar-refractivity contribution in [3.63, 3.8) is 0 Å². The van der Waals surface area contributed by atoms with Crippen molar-refractivity contribution in [2.75, 3.05) is 25.1 Å². The highest BCUT2D eigenvalue weighted by Gasteiger charge is 2.21. The molecule has 2 aromatic heterocycles. The van der Waals surface area contributed by atoms with Gasteiger partial charge in [-0.25, -0.2) is 20.0 Å². The average Bonchev–Trinajstić information content (AvgIpc) is 3.18. The maximum Gasteiger partial charge on any atom is 0.172 e. The fourth-order valence-corrected chi connectivity index (χ4v) is 3.07. The zero-order valence-corrected chi connectivity index (χ0v) is 12.0. The standard InChI is InChI=1S/C14H20N6O/c1-4-8-21-11(5-1)20-10-17-12-13(15-9-16-14(12)20)18-19-6-2-3-7-19/h9-11H,1-8H2,(H,15,16,18). The predicted molar refractivity (Wildman–Crippen MR) is 78.6 cm³/mol. The Bertz CT molecular complexity index is 615. The van der Waals surface area contributed by atoms with Gasteiger partial charge in [-0.3, -0.25) is 4.57 Å². The minimum Gasteiger partial charge on any atom is -0.358 e. The molecule has 0 amide bonds. The van der Waals surface area contributed by atoms with Crippen LogP contribution in [0.5, 0.6) is 0 Å². The highest BCUT2D eigenvalue weighted by Crippen LogP contribution is 2.27. The summed E-state index contributed by atoms with van der Waals surface area (Å²) in [6.45, 7) is 2.92. The normalized spacial score (nSPS) is 23.7. The van der Waals surface area contributed by atoms with Crippen molar-refractivity contribution in [3.05, 3.63) is 12.7 Å². The zero-order chi connectivity index (χ0) is 14.1. The van der Waals surface area contributed by atoms with Crippen LogP contribution >= 0.6 is 0 Å². The number of hydrazine groups is 1. The summed E-state index contributed by atoms with van der Waals surface area (Å²) in [4.78, 5) is 13.3. The van der Waals surface area contributed by atoms with Crippen LogP contribution in [0.2, 0.25) is 0 Å². The number of imidazole rings is 1. The molecule has 2 aromatic rings. The molecule has 2 saturated heterocycles. The van der Waals surface area contributed by atoms with Crippen LogP contribution in [-0.2, 0) is 4.74 Å². The number of hydrogen-bond donors (Lipinski definition) is 1. The molecule has 1 atom stereocenters. The van der Waals surface area contributed by atoms with Crippen LogP contribution < -0.4 is 5.43 Å². The van der Waals surface area contributed by atoms with Crippen LogP contribution in [0.1, 0.15) is 38.3 Å². The lowest BCUT2D eigenvalue weighted by atomic mass is 10.2. The summed E-state index contributed by atoms with van der Waals surface area (Å²) in [5.41, 5.74) is 5.03. The molecule has 0 bridgehead atoms. The molecule has 7 heteroatoms. The summed E-state index contributed by atoms with van der Waals surface area (Å²) in [5, 5.41) is 2.19. The van der Waals surface area contributed by atoms with Gasteiger partial charge in [-0.1, -0.05) is 0 Å². The van der Waals surface area contributed by atoms with Crippen LogP contribution in [0.3, 0.4) is 0 Å². The number of hydrogen-bond acceptors (Lipinski definition) is 6. The summed E-state index contributed by atoms with van der Waals surface area (Å²) < 4.78 is 7.87. The van der Waals surface area contributed by atoms with E-state index in [1.165, 1.54) is 19.3 Å². The SMILES string of the molecule is c1nc(NN2CCCC2)c2ncn(C3CCCCO3)c2n1. The fraction of sp³-hybridized carbons (Fsp3) is 0.643. The summed E-state index contributed by atoms with van der Waals surface area (Å²) in [5.74, 6) is 0.788. The Morgan fingerprint density at radius 2 is 2.00 bits per heavy atom. The number of aromatic nitrogens is 4. The van der Waals surface area contributed by atoms with Gasteiger partial charge < -0.3 is 10.2 Å². The minimum atomic E-state index is 0.0540. The first-order valence-corrected chi connectivity index (χ1v) is 7.72. The third-order valence-electron chi connectivity index (χ3n) is 4.19. The van der Waals surface area contributed by atoms with Gasteiger partial charge in [-0.15, -0.1) is 0 Å². The molecule has 1 unspecified atom stereocenters. The van der Waals surface area contributed by atoms with E-state index in [1.807, 2.05) is 10.9 Å². The number of nitrogens with zero attached hydrogens (tertiary/aromatic N) is 5.